The summed E-state index contributed by atoms with van der Waals surface area (Å²) in [5.74, 6) is 0.136. The van der Waals surface area contributed by atoms with Crippen molar-refractivity contribution in [3.63, 3.8) is 0 Å². The molecule has 0 aromatic carbocycles. The van der Waals surface area contributed by atoms with Crippen molar-refractivity contribution in [2.75, 3.05) is 37.4 Å². The SMILES string of the molecule is CN(C)c1cc(C(F)(F)F)nc(NCC(=O)NCC2CC2)n1. The van der Waals surface area contributed by atoms with Gasteiger partial charge in [-0.05, 0) is 18.8 Å². The molecule has 0 unspecified atom stereocenters. The van der Waals surface area contributed by atoms with Crippen molar-refractivity contribution in [1.82, 2.24) is 15.3 Å². The van der Waals surface area contributed by atoms with Gasteiger partial charge in [0, 0.05) is 26.7 Å². The van der Waals surface area contributed by atoms with Gasteiger partial charge in [0.15, 0.2) is 5.69 Å². The van der Waals surface area contributed by atoms with Gasteiger partial charge >= 0.3 is 6.18 Å². The molecule has 0 spiro atoms. The molecule has 0 atom stereocenters. The number of nitrogens with zero attached hydrogens (tertiary/aromatic N) is 3. The Balaban J connectivity index is 2.01. The first-order valence-corrected chi connectivity index (χ1v) is 6.90. The van der Waals surface area contributed by atoms with Crippen LogP contribution in [-0.2, 0) is 11.0 Å². The maximum absolute atomic E-state index is 12.8. The molecule has 0 radical (unpaired) electrons. The van der Waals surface area contributed by atoms with Crippen molar-refractivity contribution in [3.05, 3.63) is 11.8 Å². The summed E-state index contributed by atoms with van der Waals surface area (Å²) >= 11 is 0. The first kappa shape index (κ1) is 16.3. The zero-order valence-electron chi connectivity index (χ0n) is 12.4. The number of carbonyl (C=O) groups is 1. The average molecular weight is 317 g/mol. The zero-order chi connectivity index (χ0) is 16.3. The molecule has 2 N–H and O–H groups in total. The second kappa shape index (κ2) is 6.37. The third-order valence-corrected chi connectivity index (χ3v) is 3.15. The van der Waals surface area contributed by atoms with Gasteiger partial charge in [0.2, 0.25) is 11.9 Å². The summed E-state index contributed by atoms with van der Waals surface area (Å²) < 4.78 is 38.4. The first-order chi connectivity index (χ1) is 10.3. The molecule has 6 nitrogen and oxygen atoms in total. The van der Waals surface area contributed by atoms with E-state index in [9.17, 15) is 18.0 Å². The lowest BCUT2D eigenvalue weighted by Crippen LogP contribution is -2.32. The first-order valence-electron chi connectivity index (χ1n) is 6.90. The van der Waals surface area contributed by atoms with Crippen molar-refractivity contribution >= 4 is 17.7 Å². The minimum absolute atomic E-state index is 0.114. The predicted octanol–water partition coefficient (Wildman–Crippen LogP) is 1.50. The summed E-state index contributed by atoms with van der Waals surface area (Å²) in [6.07, 6.45) is -2.36. The van der Waals surface area contributed by atoms with E-state index in [1.807, 2.05) is 0 Å². The quantitative estimate of drug-likeness (QED) is 0.832. The minimum Gasteiger partial charge on any atom is -0.363 e. The van der Waals surface area contributed by atoms with Crippen LogP contribution in [0.15, 0.2) is 6.07 Å². The van der Waals surface area contributed by atoms with Gasteiger partial charge in [0.1, 0.15) is 5.82 Å². The summed E-state index contributed by atoms with van der Waals surface area (Å²) in [4.78, 5) is 20.4. The van der Waals surface area contributed by atoms with Crippen LogP contribution in [0.2, 0.25) is 0 Å². The largest absolute Gasteiger partial charge is 0.433 e. The Kier molecular flexibility index (Phi) is 4.72. The molecule has 2 rings (SSSR count). The second-order valence-corrected chi connectivity index (χ2v) is 5.43. The van der Waals surface area contributed by atoms with Crippen LogP contribution in [0.25, 0.3) is 0 Å². The molecule has 1 heterocycles. The fraction of sp³-hybridized carbons (Fsp3) is 0.615. The molecule has 0 saturated heterocycles. The van der Waals surface area contributed by atoms with E-state index in [0.717, 1.165) is 18.9 Å². The molecule has 1 aliphatic carbocycles. The van der Waals surface area contributed by atoms with Crippen LogP contribution in [0.1, 0.15) is 18.5 Å². The third-order valence-electron chi connectivity index (χ3n) is 3.15. The molecule has 1 fully saturated rings. The Morgan fingerprint density at radius 1 is 1.36 bits per heavy atom. The van der Waals surface area contributed by atoms with Gasteiger partial charge in [-0.2, -0.15) is 18.2 Å². The monoisotopic (exact) mass is 317 g/mol. The van der Waals surface area contributed by atoms with Crippen molar-refractivity contribution in [3.8, 4) is 0 Å². The Morgan fingerprint density at radius 3 is 2.59 bits per heavy atom. The standard InChI is InChI=1S/C13H18F3N5O/c1-21(2)10-5-9(13(14,15)16)19-12(20-10)18-7-11(22)17-6-8-3-4-8/h5,8H,3-4,6-7H2,1-2H3,(H,17,22)(H,18,19,20). The molecular formula is C13H18F3N5O. The minimum atomic E-state index is -4.57. The fourth-order valence-corrected chi connectivity index (χ4v) is 1.69. The summed E-state index contributed by atoms with van der Waals surface area (Å²) in [5, 5.41) is 5.24. The molecule has 1 aromatic heterocycles. The highest BCUT2D eigenvalue weighted by atomic mass is 19.4. The molecule has 1 saturated carbocycles. The summed E-state index contributed by atoms with van der Waals surface area (Å²) in [6.45, 7) is 0.438. The van der Waals surface area contributed by atoms with Crippen LogP contribution < -0.4 is 15.5 Å². The summed E-state index contributed by atoms with van der Waals surface area (Å²) in [6, 6.07) is 0.859. The van der Waals surface area contributed by atoms with Gasteiger partial charge in [-0.25, -0.2) is 4.98 Å². The number of rotatable bonds is 6. The number of halogens is 3. The van der Waals surface area contributed by atoms with Gasteiger partial charge in [-0.1, -0.05) is 0 Å². The highest BCUT2D eigenvalue weighted by Gasteiger charge is 2.34. The lowest BCUT2D eigenvalue weighted by molar-refractivity contribution is -0.141. The summed E-state index contributed by atoms with van der Waals surface area (Å²) in [5.41, 5.74) is -1.05. The molecule has 1 aliphatic rings. The van der Waals surface area contributed by atoms with Crippen molar-refractivity contribution < 1.29 is 18.0 Å². The van der Waals surface area contributed by atoms with Crippen molar-refractivity contribution in [1.29, 1.82) is 0 Å². The highest BCUT2D eigenvalue weighted by Crippen LogP contribution is 2.30. The van der Waals surface area contributed by atoms with Gasteiger partial charge < -0.3 is 15.5 Å². The fourth-order valence-electron chi connectivity index (χ4n) is 1.69. The molecule has 9 heteroatoms. The van der Waals surface area contributed by atoms with Gasteiger partial charge in [0.05, 0.1) is 6.54 Å². The number of nitrogens with one attached hydrogen (secondary N) is 2. The number of alkyl halides is 3. The molecular weight excluding hydrogens is 299 g/mol. The lowest BCUT2D eigenvalue weighted by atomic mass is 10.3. The van der Waals surface area contributed by atoms with E-state index in [4.69, 9.17) is 0 Å². The Hall–Kier alpha value is -2.06. The Morgan fingerprint density at radius 2 is 2.05 bits per heavy atom. The number of aromatic nitrogens is 2. The van der Waals surface area contributed by atoms with Crippen LogP contribution in [0.3, 0.4) is 0 Å². The molecule has 1 amide bonds. The van der Waals surface area contributed by atoms with E-state index in [0.29, 0.717) is 12.5 Å². The van der Waals surface area contributed by atoms with Crippen LogP contribution >= 0.6 is 0 Å². The molecule has 22 heavy (non-hydrogen) atoms. The van der Waals surface area contributed by atoms with E-state index < -0.39 is 11.9 Å². The van der Waals surface area contributed by atoms with E-state index >= 15 is 0 Å². The van der Waals surface area contributed by atoms with Crippen molar-refractivity contribution in [2.24, 2.45) is 5.92 Å². The number of hydrogen-bond donors (Lipinski definition) is 2. The van der Waals surface area contributed by atoms with Crippen molar-refractivity contribution in [2.45, 2.75) is 19.0 Å². The number of hydrogen-bond acceptors (Lipinski definition) is 5. The Labute approximate surface area is 126 Å². The normalized spacial score (nSPS) is 14.6. The molecule has 0 aliphatic heterocycles. The summed E-state index contributed by atoms with van der Waals surface area (Å²) in [7, 11) is 3.16. The zero-order valence-corrected chi connectivity index (χ0v) is 12.4. The van der Waals surface area contributed by atoms with Crippen LogP contribution in [0.4, 0.5) is 24.9 Å². The molecule has 122 valence electrons. The number of anilines is 2. The van der Waals surface area contributed by atoms with E-state index in [1.54, 1.807) is 14.1 Å². The number of carbonyl (C=O) groups excluding carboxylic acids is 1. The Bertz CT molecular complexity index is 543. The molecule has 0 bridgehead atoms. The average Bonchev–Trinajstić information content (AvgIpc) is 3.25. The highest BCUT2D eigenvalue weighted by molar-refractivity contribution is 5.80. The lowest BCUT2D eigenvalue weighted by Gasteiger charge is -2.15. The molecule has 1 aromatic rings. The second-order valence-electron chi connectivity index (χ2n) is 5.43. The van der Waals surface area contributed by atoms with Crippen LogP contribution in [0.5, 0.6) is 0 Å². The maximum atomic E-state index is 12.8. The third kappa shape index (κ3) is 4.74. The van der Waals surface area contributed by atoms with E-state index in [-0.39, 0.29) is 24.2 Å². The van der Waals surface area contributed by atoms with Crippen LogP contribution in [-0.4, -0.2) is 43.1 Å². The van der Waals surface area contributed by atoms with Gasteiger partial charge in [0.25, 0.3) is 0 Å². The van der Waals surface area contributed by atoms with Crippen LogP contribution in [0, 0.1) is 5.92 Å². The van der Waals surface area contributed by atoms with E-state index in [1.165, 1.54) is 4.90 Å². The van der Waals surface area contributed by atoms with Gasteiger partial charge in [-0.3, -0.25) is 4.79 Å². The topological polar surface area (TPSA) is 70.2 Å². The number of amides is 1. The predicted molar refractivity (Wildman–Crippen MR) is 75.6 cm³/mol. The van der Waals surface area contributed by atoms with E-state index in [2.05, 4.69) is 20.6 Å². The maximum Gasteiger partial charge on any atom is 0.433 e. The van der Waals surface area contributed by atoms with Gasteiger partial charge in [-0.15, -0.1) is 0 Å². The smallest absolute Gasteiger partial charge is 0.363 e.